The van der Waals surface area contributed by atoms with Gasteiger partial charge in [-0.2, -0.15) is 0 Å². The zero-order valence-corrected chi connectivity index (χ0v) is 9.94. The molecule has 0 atom stereocenters. The second-order valence-corrected chi connectivity index (χ2v) is 4.62. The van der Waals surface area contributed by atoms with E-state index >= 15 is 0 Å². The molecule has 1 amide bonds. The quantitative estimate of drug-likeness (QED) is 0.764. The Hall–Kier alpha value is -1.38. The predicted octanol–water partition coefficient (Wildman–Crippen LogP) is 2.44. The topological polar surface area (TPSA) is 33.2 Å². The van der Waals surface area contributed by atoms with E-state index in [1.165, 1.54) is 0 Å². The summed E-state index contributed by atoms with van der Waals surface area (Å²) in [4.78, 5) is 18.3. The molecule has 16 heavy (non-hydrogen) atoms. The van der Waals surface area contributed by atoms with Crippen LogP contribution in [0, 0.1) is 0 Å². The van der Waals surface area contributed by atoms with E-state index in [0.717, 1.165) is 37.2 Å². The van der Waals surface area contributed by atoms with E-state index in [-0.39, 0.29) is 5.91 Å². The Morgan fingerprint density at radius 3 is 2.69 bits per heavy atom. The molecule has 1 saturated heterocycles. The number of likely N-dealkylation sites (tertiary alicyclic amines) is 1. The third-order valence-corrected chi connectivity index (χ3v) is 3.01. The monoisotopic (exact) mass is 218 g/mol. The second-order valence-electron chi connectivity index (χ2n) is 4.62. The van der Waals surface area contributed by atoms with Gasteiger partial charge in [0.05, 0.1) is 0 Å². The summed E-state index contributed by atoms with van der Waals surface area (Å²) in [6, 6.07) is 3.73. The minimum absolute atomic E-state index is 0.154. The van der Waals surface area contributed by atoms with Gasteiger partial charge in [-0.05, 0) is 30.9 Å². The standard InChI is InChI=1S/C13H18N2O/c1-10(2)12-9-11(5-6-14-12)13(16)15-7-3-4-8-15/h5-6,9-10H,3-4,7-8H2,1-2H3. The van der Waals surface area contributed by atoms with Crippen molar-refractivity contribution in [2.24, 2.45) is 0 Å². The van der Waals surface area contributed by atoms with Crippen molar-refractivity contribution in [2.75, 3.05) is 13.1 Å². The zero-order valence-electron chi connectivity index (χ0n) is 9.94. The van der Waals surface area contributed by atoms with Gasteiger partial charge in [0.1, 0.15) is 0 Å². The predicted molar refractivity (Wildman–Crippen MR) is 63.5 cm³/mol. The molecule has 0 saturated carbocycles. The number of pyridine rings is 1. The van der Waals surface area contributed by atoms with Crippen LogP contribution in [0.25, 0.3) is 0 Å². The molecule has 2 heterocycles. The molecule has 0 aromatic carbocycles. The maximum Gasteiger partial charge on any atom is 0.253 e. The highest BCUT2D eigenvalue weighted by Gasteiger charge is 2.19. The lowest BCUT2D eigenvalue weighted by Gasteiger charge is -2.15. The first-order valence-corrected chi connectivity index (χ1v) is 5.93. The number of hydrogen-bond acceptors (Lipinski definition) is 2. The number of nitrogens with zero attached hydrogens (tertiary/aromatic N) is 2. The summed E-state index contributed by atoms with van der Waals surface area (Å²) in [6.45, 7) is 5.98. The van der Waals surface area contributed by atoms with Crippen molar-refractivity contribution in [3.8, 4) is 0 Å². The molecule has 0 radical (unpaired) electrons. The third kappa shape index (κ3) is 2.23. The van der Waals surface area contributed by atoms with Crippen LogP contribution in [0.15, 0.2) is 18.3 Å². The van der Waals surface area contributed by atoms with Gasteiger partial charge in [-0.3, -0.25) is 9.78 Å². The minimum atomic E-state index is 0.154. The molecule has 3 nitrogen and oxygen atoms in total. The Morgan fingerprint density at radius 2 is 2.06 bits per heavy atom. The zero-order chi connectivity index (χ0) is 11.5. The highest BCUT2D eigenvalue weighted by atomic mass is 16.2. The Kier molecular flexibility index (Phi) is 3.22. The number of carbonyl (C=O) groups is 1. The maximum atomic E-state index is 12.1. The largest absolute Gasteiger partial charge is 0.339 e. The molecule has 0 unspecified atom stereocenters. The Morgan fingerprint density at radius 1 is 1.38 bits per heavy atom. The van der Waals surface area contributed by atoms with Crippen molar-refractivity contribution in [3.63, 3.8) is 0 Å². The van der Waals surface area contributed by atoms with Crippen LogP contribution < -0.4 is 0 Å². The molecule has 0 bridgehead atoms. The number of aromatic nitrogens is 1. The van der Waals surface area contributed by atoms with Crippen LogP contribution in [-0.4, -0.2) is 28.9 Å². The average Bonchev–Trinajstić information content (AvgIpc) is 2.81. The lowest BCUT2D eigenvalue weighted by atomic mass is 10.1. The summed E-state index contributed by atoms with van der Waals surface area (Å²) >= 11 is 0. The van der Waals surface area contributed by atoms with Crippen molar-refractivity contribution in [2.45, 2.75) is 32.6 Å². The van der Waals surface area contributed by atoms with E-state index in [0.29, 0.717) is 5.92 Å². The van der Waals surface area contributed by atoms with Gasteiger partial charge in [0.25, 0.3) is 5.91 Å². The van der Waals surface area contributed by atoms with Crippen LogP contribution in [0.2, 0.25) is 0 Å². The molecule has 86 valence electrons. The smallest absolute Gasteiger partial charge is 0.253 e. The van der Waals surface area contributed by atoms with Gasteiger partial charge in [-0.1, -0.05) is 13.8 Å². The number of rotatable bonds is 2. The summed E-state index contributed by atoms with van der Waals surface area (Å²) in [6.07, 6.45) is 4.00. The van der Waals surface area contributed by atoms with Gasteiger partial charge in [-0.25, -0.2) is 0 Å². The fourth-order valence-electron chi connectivity index (χ4n) is 2.00. The van der Waals surface area contributed by atoms with Crippen molar-refractivity contribution in [1.29, 1.82) is 0 Å². The van der Waals surface area contributed by atoms with Crippen LogP contribution in [0.3, 0.4) is 0 Å². The third-order valence-electron chi connectivity index (χ3n) is 3.01. The molecular weight excluding hydrogens is 200 g/mol. The summed E-state index contributed by atoms with van der Waals surface area (Å²) in [5, 5.41) is 0. The van der Waals surface area contributed by atoms with Gasteiger partial charge < -0.3 is 4.90 Å². The van der Waals surface area contributed by atoms with Gasteiger partial charge in [0, 0.05) is 30.5 Å². The van der Waals surface area contributed by atoms with Crippen molar-refractivity contribution in [3.05, 3.63) is 29.6 Å². The molecule has 3 heteroatoms. The van der Waals surface area contributed by atoms with Crippen LogP contribution in [0.4, 0.5) is 0 Å². The van der Waals surface area contributed by atoms with E-state index in [1.807, 2.05) is 17.0 Å². The minimum Gasteiger partial charge on any atom is -0.339 e. The molecule has 1 fully saturated rings. The van der Waals surface area contributed by atoms with Crippen molar-refractivity contribution in [1.82, 2.24) is 9.88 Å². The van der Waals surface area contributed by atoms with Crippen LogP contribution in [0.5, 0.6) is 0 Å². The first kappa shape index (κ1) is 11.1. The SMILES string of the molecule is CC(C)c1cc(C(=O)N2CCCC2)ccn1. The van der Waals surface area contributed by atoms with Crippen LogP contribution in [-0.2, 0) is 0 Å². The van der Waals surface area contributed by atoms with Crippen LogP contribution in [0.1, 0.15) is 48.7 Å². The number of hydrogen-bond donors (Lipinski definition) is 0. The highest BCUT2D eigenvalue weighted by Crippen LogP contribution is 2.16. The van der Waals surface area contributed by atoms with E-state index in [9.17, 15) is 4.79 Å². The van der Waals surface area contributed by atoms with Gasteiger partial charge in [0.15, 0.2) is 0 Å². The van der Waals surface area contributed by atoms with Crippen molar-refractivity contribution >= 4 is 5.91 Å². The van der Waals surface area contributed by atoms with E-state index in [4.69, 9.17) is 0 Å². The fourth-order valence-corrected chi connectivity index (χ4v) is 2.00. The Labute approximate surface area is 96.5 Å². The number of carbonyl (C=O) groups excluding carboxylic acids is 1. The molecular formula is C13H18N2O. The molecule has 1 aromatic heterocycles. The van der Waals surface area contributed by atoms with Crippen LogP contribution >= 0.6 is 0 Å². The molecule has 0 N–H and O–H groups in total. The highest BCUT2D eigenvalue weighted by molar-refractivity contribution is 5.94. The summed E-state index contributed by atoms with van der Waals surface area (Å²) in [5.74, 6) is 0.521. The van der Waals surface area contributed by atoms with Gasteiger partial charge in [-0.15, -0.1) is 0 Å². The van der Waals surface area contributed by atoms with E-state index < -0.39 is 0 Å². The lowest BCUT2D eigenvalue weighted by Crippen LogP contribution is -2.27. The van der Waals surface area contributed by atoms with E-state index in [1.54, 1.807) is 6.20 Å². The molecule has 0 aliphatic carbocycles. The molecule has 1 aliphatic rings. The average molecular weight is 218 g/mol. The first-order chi connectivity index (χ1) is 7.68. The summed E-state index contributed by atoms with van der Waals surface area (Å²) in [7, 11) is 0. The van der Waals surface area contributed by atoms with Crippen molar-refractivity contribution < 1.29 is 4.79 Å². The molecule has 1 aromatic rings. The summed E-state index contributed by atoms with van der Waals surface area (Å²) < 4.78 is 0. The number of amides is 1. The molecule has 1 aliphatic heterocycles. The fraction of sp³-hybridized carbons (Fsp3) is 0.538. The maximum absolute atomic E-state index is 12.1. The molecule has 0 spiro atoms. The summed E-state index contributed by atoms with van der Waals surface area (Å²) in [5.41, 5.74) is 1.77. The lowest BCUT2D eigenvalue weighted by molar-refractivity contribution is 0.0792. The van der Waals surface area contributed by atoms with E-state index in [2.05, 4.69) is 18.8 Å². The first-order valence-electron chi connectivity index (χ1n) is 5.93. The Bertz CT molecular complexity index is 381. The molecule has 2 rings (SSSR count). The van der Waals surface area contributed by atoms with Gasteiger partial charge >= 0.3 is 0 Å². The Balaban J connectivity index is 2.19. The normalized spacial score (nSPS) is 15.8. The van der Waals surface area contributed by atoms with Gasteiger partial charge in [0.2, 0.25) is 0 Å². The second kappa shape index (κ2) is 4.64.